The molecule has 1 unspecified atom stereocenters. The first-order valence-electron chi connectivity index (χ1n) is 8.90. The van der Waals surface area contributed by atoms with Crippen LogP contribution in [-0.2, 0) is 22.8 Å². The van der Waals surface area contributed by atoms with Gasteiger partial charge in [-0.1, -0.05) is 11.6 Å². The molecule has 0 aliphatic carbocycles. The summed E-state index contributed by atoms with van der Waals surface area (Å²) >= 11 is 7.37. The Balaban J connectivity index is 2.16. The number of fused-ring (bicyclic) bond motifs is 1. The zero-order chi connectivity index (χ0) is 23.1. The molecule has 0 aliphatic heterocycles. The number of carbonyl (C=O) groups is 1. The van der Waals surface area contributed by atoms with Crippen LogP contribution in [0.25, 0.3) is 16.7 Å². The van der Waals surface area contributed by atoms with E-state index >= 15 is 0 Å². The van der Waals surface area contributed by atoms with Crippen molar-refractivity contribution in [3.63, 3.8) is 0 Å². The summed E-state index contributed by atoms with van der Waals surface area (Å²) in [5.41, 5.74) is -3.67. The molecule has 12 heteroatoms. The number of furan rings is 1. The molecule has 3 rings (SSSR count). The third kappa shape index (κ3) is 4.38. The number of thioether (sulfide) groups is 1. The van der Waals surface area contributed by atoms with Crippen LogP contribution in [0.3, 0.4) is 0 Å². The maximum atomic E-state index is 13.1. The number of aromatic nitrogens is 2. The Morgan fingerprint density at radius 1 is 1.29 bits per heavy atom. The fourth-order valence-corrected chi connectivity index (χ4v) is 4.20. The van der Waals surface area contributed by atoms with Crippen LogP contribution < -0.4 is 11.2 Å². The van der Waals surface area contributed by atoms with Crippen LogP contribution in [0, 0.1) is 0 Å². The van der Waals surface area contributed by atoms with Crippen molar-refractivity contribution < 1.29 is 27.1 Å². The van der Waals surface area contributed by atoms with Gasteiger partial charge in [-0.15, -0.1) is 11.8 Å². The van der Waals surface area contributed by atoms with E-state index in [0.29, 0.717) is 20.1 Å². The van der Waals surface area contributed by atoms with Gasteiger partial charge in [0.2, 0.25) is 0 Å². The van der Waals surface area contributed by atoms with Gasteiger partial charge in [0, 0.05) is 23.4 Å². The van der Waals surface area contributed by atoms with E-state index in [1.54, 1.807) is 13.8 Å². The highest BCUT2D eigenvalue weighted by atomic mass is 35.5. The van der Waals surface area contributed by atoms with Crippen LogP contribution in [0.2, 0.25) is 5.02 Å². The number of esters is 1. The second kappa shape index (κ2) is 8.46. The molecule has 0 N–H and O–H groups in total. The molecule has 0 saturated heterocycles. The lowest BCUT2D eigenvalue weighted by Gasteiger charge is -2.13. The summed E-state index contributed by atoms with van der Waals surface area (Å²) in [6.45, 7) is 3.53. The Morgan fingerprint density at radius 2 is 1.97 bits per heavy atom. The molecule has 166 valence electrons. The van der Waals surface area contributed by atoms with Crippen LogP contribution >= 0.6 is 23.4 Å². The minimum Gasteiger partial charge on any atom is -0.465 e. The smallest absolute Gasteiger partial charge is 0.431 e. The summed E-state index contributed by atoms with van der Waals surface area (Å²) in [6, 6.07) is 3.40. The minimum atomic E-state index is -4.87. The fraction of sp³-hybridized carbons (Fsp3) is 0.316. The first-order valence-corrected chi connectivity index (χ1v) is 10.2. The summed E-state index contributed by atoms with van der Waals surface area (Å²) in [5.74, 6) is -0.441. The minimum absolute atomic E-state index is 0.0672. The molecule has 2 heterocycles. The summed E-state index contributed by atoms with van der Waals surface area (Å²) in [4.78, 5) is 37.4. The van der Waals surface area contributed by atoms with E-state index in [-0.39, 0.29) is 28.3 Å². The number of halogens is 4. The Labute approximate surface area is 182 Å². The number of carbonyl (C=O) groups excluding carboxylic acids is 1. The van der Waals surface area contributed by atoms with Crippen molar-refractivity contribution in [2.24, 2.45) is 7.05 Å². The molecule has 0 amide bonds. The topological polar surface area (TPSA) is 83.4 Å². The Kier molecular flexibility index (Phi) is 6.28. The van der Waals surface area contributed by atoms with Crippen LogP contribution in [0.5, 0.6) is 0 Å². The molecule has 0 spiro atoms. The first-order chi connectivity index (χ1) is 14.5. The number of alkyl halides is 3. The highest BCUT2D eigenvalue weighted by Crippen LogP contribution is 2.36. The highest BCUT2D eigenvalue weighted by molar-refractivity contribution is 8.00. The second-order valence-electron chi connectivity index (χ2n) is 6.46. The normalized spacial score (nSPS) is 12.9. The van der Waals surface area contributed by atoms with E-state index in [1.165, 1.54) is 12.1 Å². The van der Waals surface area contributed by atoms with Crippen molar-refractivity contribution >= 4 is 40.3 Å². The maximum absolute atomic E-state index is 13.1. The summed E-state index contributed by atoms with van der Waals surface area (Å²) in [7, 11) is 0.915. The van der Waals surface area contributed by atoms with E-state index in [4.69, 9.17) is 20.8 Å². The number of benzene rings is 1. The standard InChI is InChI=1S/C19H16ClF3N2O5S/c1-4-29-17(27)9(2)31-10-5-11-13(8-30-16(11)12(20)6-10)25-15(26)7-14(19(21,22)23)24(3)18(25)28/h5-9H,4H2,1-3H3. The zero-order valence-corrected chi connectivity index (χ0v) is 18.0. The van der Waals surface area contributed by atoms with E-state index in [1.807, 2.05) is 0 Å². The number of rotatable bonds is 5. The number of ether oxygens (including phenoxy) is 1. The van der Waals surface area contributed by atoms with Crippen LogP contribution in [0.1, 0.15) is 19.5 Å². The third-order valence-corrected chi connectivity index (χ3v) is 5.70. The van der Waals surface area contributed by atoms with Crippen molar-refractivity contribution in [2.75, 3.05) is 6.61 Å². The number of nitrogens with zero attached hydrogens (tertiary/aromatic N) is 2. The van der Waals surface area contributed by atoms with Gasteiger partial charge in [0.1, 0.15) is 22.9 Å². The highest BCUT2D eigenvalue weighted by Gasteiger charge is 2.35. The van der Waals surface area contributed by atoms with Gasteiger partial charge < -0.3 is 9.15 Å². The molecule has 0 fully saturated rings. The quantitative estimate of drug-likeness (QED) is 0.409. The molecule has 7 nitrogen and oxygen atoms in total. The number of hydrogen-bond donors (Lipinski definition) is 0. The SMILES string of the molecule is CCOC(=O)C(C)Sc1cc(Cl)c2occ(-n3c(=O)cc(C(F)(F)F)n(C)c3=O)c2c1. The van der Waals surface area contributed by atoms with Gasteiger partial charge in [0.15, 0.2) is 5.58 Å². The zero-order valence-electron chi connectivity index (χ0n) is 16.4. The van der Waals surface area contributed by atoms with Gasteiger partial charge in [0.05, 0.1) is 11.6 Å². The van der Waals surface area contributed by atoms with Crippen LogP contribution in [-0.4, -0.2) is 27.0 Å². The van der Waals surface area contributed by atoms with E-state index in [0.717, 1.165) is 25.1 Å². The molecular weight excluding hydrogens is 461 g/mol. The summed E-state index contributed by atoms with van der Waals surface area (Å²) in [5, 5.41) is -0.213. The van der Waals surface area contributed by atoms with Gasteiger partial charge in [-0.2, -0.15) is 13.2 Å². The van der Waals surface area contributed by atoms with Gasteiger partial charge in [-0.3, -0.25) is 14.2 Å². The van der Waals surface area contributed by atoms with Crippen molar-refractivity contribution in [3.8, 4) is 5.69 Å². The average Bonchev–Trinajstić information content (AvgIpc) is 3.08. The summed E-state index contributed by atoms with van der Waals surface area (Å²) in [6.07, 6.45) is -3.81. The van der Waals surface area contributed by atoms with Crippen molar-refractivity contribution in [2.45, 2.75) is 30.2 Å². The number of hydrogen-bond acceptors (Lipinski definition) is 6. The molecule has 0 bridgehead atoms. The lowest BCUT2D eigenvalue weighted by Crippen LogP contribution is -2.40. The van der Waals surface area contributed by atoms with Gasteiger partial charge >= 0.3 is 17.8 Å². The largest absolute Gasteiger partial charge is 0.465 e. The van der Waals surface area contributed by atoms with E-state index in [9.17, 15) is 27.6 Å². The molecule has 0 radical (unpaired) electrons. The second-order valence-corrected chi connectivity index (χ2v) is 8.28. The van der Waals surface area contributed by atoms with Gasteiger partial charge in [-0.25, -0.2) is 9.36 Å². The lowest BCUT2D eigenvalue weighted by molar-refractivity contribution is -0.144. The van der Waals surface area contributed by atoms with Crippen molar-refractivity contribution in [1.82, 2.24) is 9.13 Å². The Bertz CT molecular complexity index is 1280. The van der Waals surface area contributed by atoms with Crippen LogP contribution in [0.4, 0.5) is 13.2 Å². The molecule has 0 saturated carbocycles. The fourth-order valence-electron chi connectivity index (χ4n) is 2.93. The first kappa shape index (κ1) is 23.0. The predicted octanol–water partition coefficient (Wildman–Crippen LogP) is 4.00. The third-order valence-electron chi connectivity index (χ3n) is 4.36. The molecule has 31 heavy (non-hydrogen) atoms. The van der Waals surface area contributed by atoms with Gasteiger partial charge in [-0.05, 0) is 26.0 Å². The maximum Gasteiger partial charge on any atom is 0.431 e. The van der Waals surface area contributed by atoms with Crippen LogP contribution in [0.15, 0.2) is 43.4 Å². The Morgan fingerprint density at radius 3 is 2.58 bits per heavy atom. The lowest BCUT2D eigenvalue weighted by atomic mass is 10.2. The van der Waals surface area contributed by atoms with Gasteiger partial charge in [0.25, 0.3) is 5.56 Å². The summed E-state index contributed by atoms with van der Waals surface area (Å²) < 4.78 is 50.5. The van der Waals surface area contributed by atoms with Crippen molar-refractivity contribution in [1.29, 1.82) is 0 Å². The molecule has 0 aliphatic rings. The molecule has 2 aromatic heterocycles. The van der Waals surface area contributed by atoms with Crippen molar-refractivity contribution in [3.05, 3.63) is 56.0 Å². The van der Waals surface area contributed by atoms with E-state index in [2.05, 4.69) is 0 Å². The molecular formula is C19H16ClF3N2O5S. The molecule has 1 atom stereocenters. The Hall–Kier alpha value is -2.66. The van der Waals surface area contributed by atoms with E-state index < -0.39 is 34.3 Å². The molecule has 3 aromatic rings. The molecule has 1 aromatic carbocycles. The average molecular weight is 477 g/mol. The monoisotopic (exact) mass is 476 g/mol. The predicted molar refractivity (Wildman–Crippen MR) is 109 cm³/mol.